The Morgan fingerprint density at radius 2 is 1.68 bits per heavy atom. The molecule has 3 rings (SSSR count). The van der Waals surface area contributed by atoms with Gasteiger partial charge >= 0.3 is 0 Å². The van der Waals surface area contributed by atoms with Gasteiger partial charge in [0.25, 0.3) is 0 Å². The monoisotopic (exact) mass is 248 g/mol. The third-order valence-electron chi connectivity index (χ3n) is 3.43. The highest BCUT2D eigenvalue weighted by molar-refractivity contribution is 5.79. The Bertz CT molecular complexity index is 702. The molecule has 0 aliphatic heterocycles. The first-order valence-corrected chi connectivity index (χ1v) is 6.41. The molecule has 0 spiro atoms. The quantitative estimate of drug-likeness (QED) is 0.752. The molecule has 0 amide bonds. The molecular weight excluding hydrogens is 232 g/mol. The first-order chi connectivity index (χ1) is 9.24. The van der Waals surface area contributed by atoms with Crippen LogP contribution in [0.1, 0.15) is 22.7 Å². The second-order valence-corrected chi connectivity index (χ2v) is 4.84. The van der Waals surface area contributed by atoms with E-state index >= 15 is 0 Å². The summed E-state index contributed by atoms with van der Waals surface area (Å²) in [6.45, 7) is 2.08. The van der Waals surface area contributed by atoms with Gasteiger partial charge in [-0.1, -0.05) is 48.0 Å². The molecule has 0 radical (unpaired) electrons. The zero-order chi connectivity index (χ0) is 13.2. The topological polar surface area (TPSA) is 38.9 Å². The van der Waals surface area contributed by atoms with Gasteiger partial charge in [-0.25, -0.2) is 0 Å². The molecule has 1 heterocycles. The average Bonchev–Trinajstić information content (AvgIpc) is 2.47. The van der Waals surface area contributed by atoms with Gasteiger partial charge in [0.1, 0.15) is 0 Å². The molecule has 2 nitrogen and oxygen atoms in total. The molecule has 1 aromatic heterocycles. The summed E-state index contributed by atoms with van der Waals surface area (Å²) in [5.74, 6) is 0. The molecule has 19 heavy (non-hydrogen) atoms. The average molecular weight is 248 g/mol. The van der Waals surface area contributed by atoms with E-state index in [4.69, 9.17) is 5.73 Å². The Hall–Kier alpha value is -2.19. The van der Waals surface area contributed by atoms with E-state index in [1.807, 2.05) is 12.3 Å². The van der Waals surface area contributed by atoms with E-state index < -0.39 is 0 Å². The molecule has 0 saturated carbocycles. The molecule has 1 atom stereocenters. The number of nitrogens with two attached hydrogens (primary N) is 1. The lowest BCUT2D eigenvalue weighted by Gasteiger charge is -2.13. The van der Waals surface area contributed by atoms with Gasteiger partial charge < -0.3 is 5.73 Å². The largest absolute Gasteiger partial charge is 0.320 e. The molecule has 0 aliphatic carbocycles. The summed E-state index contributed by atoms with van der Waals surface area (Å²) in [4.78, 5) is 4.38. The van der Waals surface area contributed by atoms with Crippen LogP contribution in [0.3, 0.4) is 0 Å². The molecule has 2 N–H and O–H groups in total. The van der Waals surface area contributed by atoms with Crippen LogP contribution >= 0.6 is 0 Å². The fourth-order valence-electron chi connectivity index (χ4n) is 2.24. The highest BCUT2D eigenvalue weighted by atomic mass is 14.7. The molecule has 0 fully saturated rings. The van der Waals surface area contributed by atoms with Gasteiger partial charge in [-0.05, 0) is 30.2 Å². The van der Waals surface area contributed by atoms with Gasteiger partial charge in [0.15, 0.2) is 0 Å². The predicted molar refractivity (Wildman–Crippen MR) is 79.0 cm³/mol. The van der Waals surface area contributed by atoms with Gasteiger partial charge in [0.2, 0.25) is 0 Å². The lowest BCUT2D eigenvalue weighted by molar-refractivity contribution is 0.872. The van der Waals surface area contributed by atoms with Crippen molar-refractivity contribution in [2.24, 2.45) is 5.73 Å². The van der Waals surface area contributed by atoms with Crippen molar-refractivity contribution in [2.45, 2.75) is 13.0 Å². The number of aryl methyl sites for hydroxylation is 1. The standard InChI is InChI=1S/C17H16N2/c1-12-4-6-14(7-5-12)17(18)15-9-8-13-3-2-10-19-16(13)11-15/h2-11,17H,18H2,1H3. The highest BCUT2D eigenvalue weighted by Gasteiger charge is 2.09. The van der Waals surface area contributed by atoms with Crippen LogP contribution in [0.25, 0.3) is 10.9 Å². The zero-order valence-corrected chi connectivity index (χ0v) is 10.9. The zero-order valence-electron chi connectivity index (χ0n) is 10.9. The first kappa shape index (κ1) is 11.9. The van der Waals surface area contributed by atoms with Crippen LogP contribution in [0.2, 0.25) is 0 Å². The summed E-state index contributed by atoms with van der Waals surface area (Å²) in [5, 5.41) is 1.14. The summed E-state index contributed by atoms with van der Waals surface area (Å²) >= 11 is 0. The van der Waals surface area contributed by atoms with Gasteiger partial charge in [-0.3, -0.25) is 4.98 Å². The number of nitrogens with zero attached hydrogens (tertiary/aromatic N) is 1. The maximum Gasteiger partial charge on any atom is 0.0705 e. The summed E-state index contributed by atoms with van der Waals surface area (Å²) in [6, 6.07) is 18.5. The molecule has 0 bridgehead atoms. The smallest absolute Gasteiger partial charge is 0.0705 e. The maximum absolute atomic E-state index is 6.33. The van der Waals surface area contributed by atoms with Crippen LogP contribution in [0.5, 0.6) is 0 Å². The Morgan fingerprint density at radius 1 is 0.947 bits per heavy atom. The summed E-state index contributed by atoms with van der Waals surface area (Å²) in [6.07, 6.45) is 1.81. The van der Waals surface area contributed by atoms with E-state index in [2.05, 4.69) is 60.4 Å². The van der Waals surface area contributed by atoms with Crippen molar-refractivity contribution in [3.05, 3.63) is 77.5 Å². The minimum absolute atomic E-state index is 0.105. The Kier molecular flexibility index (Phi) is 3.02. The van der Waals surface area contributed by atoms with E-state index in [0.29, 0.717) is 0 Å². The Labute approximate surface area is 112 Å². The number of hydrogen-bond acceptors (Lipinski definition) is 2. The third-order valence-corrected chi connectivity index (χ3v) is 3.43. The van der Waals surface area contributed by atoms with Crippen LogP contribution in [0, 0.1) is 6.92 Å². The molecule has 0 saturated heterocycles. The van der Waals surface area contributed by atoms with Crippen molar-refractivity contribution in [3.8, 4) is 0 Å². The van der Waals surface area contributed by atoms with E-state index in [1.165, 1.54) is 5.56 Å². The minimum atomic E-state index is -0.105. The van der Waals surface area contributed by atoms with Crippen molar-refractivity contribution >= 4 is 10.9 Å². The van der Waals surface area contributed by atoms with Crippen molar-refractivity contribution in [1.29, 1.82) is 0 Å². The van der Waals surface area contributed by atoms with Crippen molar-refractivity contribution in [2.75, 3.05) is 0 Å². The van der Waals surface area contributed by atoms with Gasteiger partial charge in [-0.2, -0.15) is 0 Å². The number of benzene rings is 2. The maximum atomic E-state index is 6.33. The van der Waals surface area contributed by atoms with E-state index in [0.717, 1.165) is 22.0 Å². The lowest BCUT2D eigenvalue weighted by Crippen LogP contribution is -2.11. The number of aromatic nitrogens is 1. The normalized spacial score (nSPS) is 12.5. The fraction of sp³-hybridized carbons (Fsp3) is 0.118. The fourth-order valence-corrected chi connectivity index (χ4v) is 2.24. The van der Waals surface area contributed by atoms with Gasteiger partial charge in [0, 0.05) is 11.6 Å². The molecule has 94 valence electrons. The number of hydrogen-bond donors (Lipinski definition) is 1. The molecule has 2 heteroatoms. The second-order valence-electron chi connectivity index (χ2n) is 4.84. The summed E-state index contributed by atoms with van der Waals surface area (Å²) in [5.41, 5.74) is 10.8. The second kappa shape index (κ2) is 4.82. The lowest BCUT2D eigenvalue weighted by atomic mass is 9.98. The molecular formula is C17H16N2. The Balaban J connectivity index is 2.01. The third kappa shape index (κ3) is 2.35. The molecule has 1 unspecified atom stereocenters. The number of rotatable bonds is 2. The Morgan fingerprint density at radius 3 is 2.47 bits per heavy atom. The molecule has 2 aromatic carbocycles. The van der Waals surface area contributed by atoms with Gasteiger partial charge in [0.05, 0.1) is 11.6 Å². The SMILES string of the molecule is Cc1ccc(C(N)c2ccc3cccnc3c2)cc1. The van der Waals surface area contributed by atoms with Crippen LogP contribution in [0.15, 0.2) is 60.8 Å². The van der Waals surface area contributed by atoms with Crippen LogP contribution < -0.4 is 5.73 Å². The summed E-state index contributed by atoms with van der Waals surface area (Å²) in [7, 11) is 0. The molecule has 3 aromatic rings. The van der Waals surface area contributed by atoms with Gasteiger partial charge in [-0.15, -0.1) is 0 Å². The predicted octanol–water partition coefficient (Wildman–Crippen LogP) is 3.59. The van der Waals surface area contributed by atoms with E-state index in [-0.39, 0.29) is 6.04 Å². The van der Waals surface area contributed by atoms with E-state index in [1.54, 1.807) is 0 Å². The minimum Gasteiger partial charge on any atom is -0.320 e. The summed E-state index contributed by atoms with van der Waals surface area (Å²) < 4.78 is 0. The van der Waals surface area contributed by atoms with Crippen LogP contribution in [-0.4, -0.2) is 4.98 Å². The number of fused-ring (bicyclic) bond motifs is 1. The molecule has 0 aliphatic rings. The van der Waals surface area contributed by atoms with Crippen molar-refractivity contribution in [3.63, 3.8) is 0 Å². The van der Waals surface area contributed by atoms with Crippen molar-refractivity contribution < 1.29 is 0 Å². The number of pyridine rings is 1. The van der Waals surface area contributed by atoms with E-state index in [9.17, 15) is 0 Å². The highest BCUT2D eigenvalue weighted by Crippen LogP contribution is 2.23. The van der Waals surface area contributed by atoms with Crippen LogP contribution in [0.4, 0.5) is 0 Å². The van der Waals surface area contributed by atoms with Crippen LogP contribution in [-0.2, 0) is 0 Å². The first-order valence-electron chi connectivity index (χ1n) is 6.41. The van der Waals surface area contributed by atoms with Crippen molar-refractivity contribution in [1.82, 2.24) is 4.98 Å².